The first-order chi connectivity index (χ1) is 28.5. The van der Waals surface area contributed by atoms with Crippen molar-refractivity contribution >= 4 is 0 Å². The van der Waals surface area contributed by atoms with Gasteiger partial charge < -0.3 is 30.6 Å². The Bertz CT molecular complexity index is 2370. The van der Waals surface area contributed by atoms with E-state index in [1.807, 2.05) is 74.5 Å². The maximum absolute atomic E-state index is 9.88. The molecule has 2 atom stereocenters. The van der Waals surface area contributed by atoms with E-state index in [2.05, 4.69) is 69.2 Å². The molecule has 2 unspecified atom stereocenters. The molecule has 6 aromatic carbocycles. The Morgan fingerprint density at radius 1 is 0.361 bits per heavy atom. The van der Waals surface area contributed by atoms with Crippen LogP contribution in [0, 0.1) is 13.8 Å². The first kappa shape index (κ1) is 47.8. The predicted octanol–water partition coefficient (Wildman–Crippen LogP) is 13.9. The van der Waals surface area contributed by atoms with E-state index in [0.29, 0.717) is 29.1 Å². The summed E-state index contributed by atoms with van der Waals surface area (Å²) in [6.07, 6.45) is 2.06. The Morgan fingerprint density at radius 2 is 0.623 bits per heavy atom. The van der Waals surface area contributed by atoms with Gasteiger partial charge in [-0.2, -0.15) is 0 Å². The summed E-state index contributed by atoms with van der Waals surface area (Å²) in [6, 6.07) is 37.0. The molecular formula is C55H68O6. The Labute approximate surface area is 364 Å². The molecule has 6 aromatic rings. The molecule has 0 spiro atoms. The van der Waals surface area contributed by atoms with Crippen LogP contribution in [0.5, 0.6) is 34.5 Å². The zero-order valence-electron chi connectivity index (χ0n) is 38.3. The lowest BCUT2D eigenvalue weighted by molar-refractivity contribution is 0.470. The lowest BCUT2D eigenvalue weighted by Crippen LogP contribution is -2.22. The number of hydrogen-bond donors (Lipinski definition) is 6. The van der Waals surface area contributed by atoms with E-state index in [-0.39, 0.29) is 33.5 Å². The van der Waals surface area contributed by atoms with E-state index in [1.54, 1.807) is 60.7 Å². The number of phenolic OH excluding ortho intramolecular Hbond substituents is 6. The number of phenols is 6. The number of aromatic hydroxyl groups is 6. The summed E-state index contributed by atoms with van der Waals surface area (Å²) in [6.45, 7) is 25.8. The quantitative estimate of drug-likeness (QED) is 0.0818. The lowest BCUT2D eigenvalue weighted by atomic mass is 9.72. The normalized spacial score (nSPS) is 12.7. The van der Waals surface area contributed by atoms with Gasteiger partial charge in [-0.1, -0.05) is 118 Å². The fraction of sp³-hybridized carbons (Fsp3) is 0.345. The van der Waals surface area contributed by atoms with Crippen LogP contribution in [0.1, 0.15) is 150 Å². The molecule has 0 aromatic heterocycles. The molecule has 0 saturated carbocycles. The maximum atomic E-state index is 9.88. The van der Waals surface area contributed by atoms with Crippen LogP contribution < -0.4 is 0 Å². The monoisotopic (exact) mass is 825 g/mol. The highest BCUT2D eigenvalue weighted by Crippen LogP contribution is 2.42. The van der Waals surface area contributed by atoms with Crippen molar-refractivity contribution in [3.05, 3.63) is 177 Å². The van der Waals surface area contributed by atoms with Gasteiger partial charge >= 0.3 is 0 Å². The third-order valence-corrected chi connectivity index (χ3v) is 12.6. The SMILES string of the molecule is CCC(C)c1cc(O)ccc1C(C)(C)c1ccc(O)cc1.CCC(C)c1cc(O)ccc1C(C)(C)c1ccc(O)cc1C.Cc1cc(O)ccc1C(C)(C)c1ccc(O)cc1. The van der Waals surface area contributed by atoms with Crippen molar-refractivity contribution in [2.45, 2.75) is 124 Å². The molecule has 0 aliphatic rings. The van der Waals surface area contributed by atoms with Crippen LogP contribution in [-0.4, -0.2) is 30.6 Å². The van der Waals surface area contributed by atoms with Crippen LogP contribution in [0.15, 0.2) is 121 Å². The van der Waals surface area contributed by atoms with Crippen LogP contribution in [-0.2, 0) is 16.2 Å². The first-order valence-electron chi connectivity index (χ1n) is 21.4. The second-order valence-corrected chi connectivity index (χ2v) is 18.1. The highest BCUT2D eigenvalue weighted by Gasteiger charge is 2.30. The zero-order valence-corrected chi connectivity index (χ0v) is 38.3. The Morgan fingerprint density at radius 3 is 0.951 bits per heavy atom. The largest absolute Gasteiger partial charge is 0.508 e. The molecule has 324 valence electrons. The molecule has 0 heterocycles. The summed E-state index contributed by atoms with van der Waals surface area (Å²) in [7, 11) is 0. The summed E-state index contributed by atoms with van der Waals surface area (Å²) in [5, 5.41) is 57.7. The standard InChI is InChI=1S/C20H26O2.C19H24O2.C16H18O2/c1-6-13(2)17-12-16(22)8-10-19(17)20(4,5)18-9-7-15(21)11-14(18)3;1-5-13(2)17-12-16(21)10-11-18(17)19(3,4)14-6-8-15(20)9-7-14;1-11-10-14(18)8-9-15(11)16(2,3)12-4-6-13(17)7-5-12/h7-13,21-22H,6H2,1-5H3;6-13,20-21H,5H2,1-4H3;4-10,17-18H,1-3H3. The summed E-state index contributed by atoms with van der Waals surface area (Å²) in [5.41, 5.74) is 11.1. The third kappa shape index (κ3) is 11.3. The van der Waals surface area contributed by atoms with Crippen LogP contribution in [0.2, 0.25) is 0 Å². The van der Waals surface area contributed by atoms with Crippen LogP contribution >= 0.6 is 0 Å². The summed E-state index contributed by atoms with van der Waals surface area (Å²) < 4.78 is 0. The third-order valence-electron chi connectivity index (χ3n) is 12.6. The predicted molar refractivity (Wildman–Crippen MR) is 252 cm³/mol. The molecule has 6 nitrogen and oxygen atoms in total. The van der Waals surface area contributed by atoms with Gasteiger partial charge in [-0.3, -0.25) is 0 Å². The molecule has 0 radical (unpaired) electrons. The van der Waals surface area contributed by atoms with E-state index in [9.17, 15) is 30.6 Å². The molecule has 0 amide bonds. The highest BCUT2D eigenvalue weighted by atomic mass is 16.3. The molecule has 0 aliphatic carbocycles. The summed E-state index contributed by atoms with van der Waals surface area (Å²) >= 11 is 0. The maximum Gasteiger partial charge on any atom is 0.115 e. The molecule has 0 fully saturated rings. The molecule has 0 saturated heterocycles. The highest BCUT2D eigenvalue weighted by molar-refractivity contribution is 5.51. The Hall–Kier alpha value is -5.88. The van der Waals surface area contributed by atoms with Crippen molar-refractivity contribution in [1.29, 1.82) is 0 Å². The molecular weight excluding hydrogens is 757 g/mol. The van der Waals surface area contributed by atoms with Gasteiger partial charge in [0.05, 0.1) is 0 Å². The lowest BCUT2D eigenvalue weighted by Gasteiger charge is -2.32. The number of rotatable bonds is 10. The second kappa shape index (κ2) is 19.7. The second-order valence-electron chi connectivity index (χ2n) is 18.1. The first-order valence-corrected chi connectivity index (χ1v) is 21.4. The van der Waals surface area contributed by atoms with Crippen molar-refractivity contribution in [3.63, 3.8) is 0 Å². The van der Waals surface area contributed by atoms with Crippen molar-refractivity contribution in [2.24, 2.45) is 0 Å². The van der Waals surface area contributed by atoms with E-state index >= 15 is 0 Å². The smallest absolute Gasteiger partial charge is 0.115 e. The van der Waals surface area contributed by atoms with Gasteiger partial charge in [0, 0.05) is 16.2 Å². The van der Waals surface area contributed by atoms with E-state index < -0.39 is 0 Å². The van der Waals surface area contributed by atoms with Gasteiger partial charge in [0.25, 0.3) is 0 Å². The minimum Gasteiger partial charge on any atom is -0.508 e. The molecule has 0 bridgehead atoms. The van der Waals surface area contributed by atoms with E-state index in [0.717, 1.165) is 35.1 Å². The fourth-order valence-corrected chi connectivity index (χ4v) is 8.40. The van der Waals surface area contributed by atoms with Crippen molar-refractivity contribution in [3.8, 4) is 34.5 Å². The summed E-state index contributed by atoms with van der Waals surface area (Å²) in [4.78, 5) is 0. The summed E-state index contributed by atoms with van der Waals surface area (Å²) in [5.74, 6) is 2.55. The number of hydrogen-bond acceptors (Lipinski definition) is 6. The van der Waals surface area contributed by atoms with E-state index in [1.165, 1.54) is 33.4 Å². The van der Waals surface area contributed by atoms with Gasteiger partial charge in [0.2, 0.25) is 0 Å². The topological polar surface area (TPSA) is 121 Å². The molecule has 6 N–H and O–H groups in total. The molecule has 61 heavy (non-hydrogen) atoms. The molecule has 6 rings (SSSR count). The van der Waals surface area contributed by atoms with Gasteiger partial charge in [-0.25, -0.2) is 0 Å². The number of benzene rings is 6. The van der Waals surface area contributed by atoms with Crippen molar-refractivity contribution in [2.75, 3.05) is 0 Å². The van der Waals surface area contributed by atoms with Gasteiger partial charge in [0.1, 0.15) is 34.5 Å². The average molecular weight is 825 g/mol. The number of aryl methyl sites for hydroxylation is 2. The molecule has 0 aliphatic heterocycles. The average Bonchev–Trinajstić information content (AvgIpc) is 3.20. The van der Waals surface area contributed by atoms with Gasteiger partial charge in [0.15, 0.2) is 0 Å². The zero-order chi connectivity index (χ0) is 45.4. The minimum atomic E-state index is -0.190. The minimum absolute atomic E-state index is 0.161. The molecule has 6 heteroatoms. The van der Waals surface area contributed by atoms with Crippen LogP contribution in [0.3, 0.4) is 0 Å². The Balaban J connectivity index is 0.000000202. The van der Waals surface area contributed by atoms with Crippen LogP contribution in [0.25, 0.3) is 0 Å². The van der Waals surface area contributed by atoms with Crippen molar-refractivity contribution < 1.29 is 30.6 Å². The van der Waals surface area contributed by atoms with Crippen LogP contribution in [0.4, 0.5) is 0 Å². The Kier molecular flexibility index (Phi) is 15.4. The van der Waals surface area contributed by atoms with Gasteiger partial charge in [-0.15, -0.1) is 0 Å². The van der Waals surface area contributed by atoms with Crippen molar-refractivity contribution in [1.82, 2.24) is 0 Å². The fourth-order valence-electron chi connectivity index (χ4n) is 8.40. The van der Waals surface area contributed by atoms with Gasteiger partial charge in [-0.05, 0) is 167 Å². The van der Waals surface area contributed by atoms with E-state index in [4.69, 9.17) is 0 Å².